The zero-order valence-corrected chi connectivity index (χ0v) is 15.5. The smallest absolute Gasteiger partial charge is 0.236 e. The highest BCUT2D eigenvalue weighted by Gasteiger charge is 2.60. The highest BCUT2D eigenvalue weighted by atomic mass is 16.5. The van der Waals surface area contributed by atoms with Crippen molar-refractivity contribution in [3.05, 3.63) is 59.1 Å². The van der Waals surface area contributed by atoms with E-state index in [2.05, 4.69) is 4.85 Å². The van der Waals surface area contributed by atoms with Crippen LogP contribution < -0.4 is 0 Å². The summed E-state index contributed by atoms with van der Waals surface area (Å²) >= 11 is 0. The number of likely N-dealkylation sites (tertiary alicyclic amines) is 1. The van der Waals surface area contributed by atoms with E-state index < -0.39 is 10.8 Å². The molecule has 2 atom stereocenters. The van der Waals surface area contributed by atoms with E-state index >= 15 is 0 Å². The maximum Gasteiger partial charge on any atom is 0.236 e. The Labute approximate surface area is 154 Å². The zero-order chi connectivity index (χ0) is 18.9. The maximum atomic E-state index is 13.7. The van der Waals surface area contributed by atoms with Gasteiger partial charge in [-0.25, -0.2) is 4.85 Å². The van der Waals surface area contributed by atoms with Crippen LogP contribution in [0, 0.1) is 17.9 Å². The van der Waals surface area contributed by atoms with Gasteiger partial charge in [-0.1, -0.05) is 50.3 Å². The standard InChI is InChI=1S/C21H24N2O3/c1-20(2)17-10-11-23(12-13-26-4)19(25)21(17,14-16(22-3)18(20)24)15-8-6-5-7-9-15/h5-9,14,17H,10-13H2,1-2,4H3/t17-,21+/m1/s1. The Morgan fingerprint density at radius 1 is 1.27 bits per heavy atom. The van der Waals surface area contributed by atoms with Crippen molar-refractivity contribution in [3.8, 4) is 0 Å². The molecule has 5 nitrogen and oxygen atoms in total. The minimum atomic E-state index is -0.982. The Morgan fingerprint density at radius 2 is 1.96 bits per heavy atom. The van der Waals surface area contributed by atoms with E-state index in [1.165, 1.54) is 0 Å². The number of allylic oxidation sites excluding steroid dienone is 1. The summed E-state index contributed by atoms with van der Waals surface area (Å²) in [5, 5.41) is 0. The van der Waals surface area contributed by atoms with Crippen molar-refractivity contribution < 1.29 is 14.3 Å². The van der Waals surface area contributed by atoms with Crippen LogP contribution in [0.3, 0.4) is 0 Å². The van der Waals surface area contributed by atoms with E-state index in [1.54, 1.807) is 18.1 Å². The molecule has 136 valence electrons. The van der Waals surface area contributed by atoms with Crippen LogP contribution in [0.2, 0.25) is 0 Å². The molecule has 1 aromatic rings. The molecule has 0 saturated carbocycles. The largest absolute Gasteiger partial charge is 0.383 e. The lowest BCUT2D eigenvalue weighted by atomic mass is 9.52. The van der Waals surface area contributed by atoms with Crippen molar-refractivity contribution >= 4 is 11.7 Å². The molecule has 0 unspecified atom stereocenters. The van der Waals surface area contributed by atoms with Crippen molar-refractivity contribution in [2.45, 2.75) is 25.7 Å². The first-order chi connectivity index (χ1) is 12.4. The van der Waals surface area contributed by atoms with Gasteiger partial charge in [0, 0.05) is 25.6 Å². The summed E-state index contributed by atoms with van der Waals surface area (Å²) in [6, 6.07) is 9.56. The average molecular weight is 352 g/mol. The molecule has 0 bridgehead atoms. The zero-order valence-electron chi connectivity index (χ0n) is 15.5. The molecular formula is C21H24N2O3. The van der Waals surface area contributed by atoms with Gasteiger partial charge in [-0.2, -0.15) is 0 Å². The number of hydrogen-bond donors (Lipinski definition) is 0. The van der Waals surface area contributed by atoms with Crippen LogP contribution in [-0.2, 0) is 19.7 Å². The van der Waals surface area contributed by atoms with Crippen molar-refractivity contribution in [3.63, 3.8) is 0 Å². The van der Waals surface area contributed by atoms with Crippen molar-refractivity contribution in [2.24, 2.45) is 11.3 Å². The van der Waals surface area contributed by atoms with Gasteiger partial charge in [0.1, 0.15) is 0 Å². The highest BCUT2D eigenvalue weighted by molar-refractivity contribution is 6.06. The van der Waals surface area contributed by atoms with Crippen LogP contribution in [0.15, 0.2) is 42.1 Å². The van der Waals surface area contributed by atoms with Gasteiger partial charge in [-0.3, -0.25) is 4.79 Å². The lowest BCUT2D eigenvalue weighted by Gasteiger charge is -2.53. The van der Waals surface area contributed by atoms with Crippen molar-refractivity contribution in [1.29, 1.82) is 0 Å². The third-order valence-corrected chi connectivity index (χ3v) is 5.87. The van der Waals surface area contributed by atoms with E-state index in [0.29, 0.717) is 26.1 Å². The molecule has 1 fully saturated rings. The SMILES string of the molecule is [C-]#[N+]C1=C[C@@]2(c3ccccc3)C(=O)N(CCOC)CC[C@@H]2C(C)(C)C1=O. The summed E-state index contributed by atoms with van der Waals surface area (Å²) in [4.78, 5) is 31.8. The molecule has 1 saturated heterocycles. The number of rotatable bonds is 4. The molecule has 3 rings (SSSR count). The van der Waals surface area contributed by atoms with Gasteiger partial charge in [0.25, 0.3) is 0 Å². The summed E-state index contributed by atoms with van der Waals surface area (Å²) in [5.74, 6) is -0.386. The minimum absolute atomic E-state index is 0.0428. The van der Waals surface area contributed by atoms with Crippen LogP contribution in [0.1, 0.15) is 25.8 Å². The molecule has 1 aromatic carbocycles. The number of ketones is 1. The Kier molecular flexibility index (Phi) is 4.72. The molecule has 1 amide bonds. The van der Waals surface area contributed by atoms with Crippen molar-refractivity contribution in [1.82, 2.24) is 4.90 Å². The normalized spacial score (nSPS) is 27.5. The monoisotopic (exact) mass is 352 g/mol. The van der Waals surface area contributed by atoms with Gasteiger partial charge in [0.2, 0.25) is 11.6 Å². The number of piperidine rings is 1. The fourth-order valence-electron chi connectivity index (χ4n) is 4.51. The maximum absolute atomic E-state index is 13.7. The summed E-state index contributed by atoms with van der Waals surface area (Å²) in [6.45, 7) is 12.8. The summed E-state index contributed by atoms with van der Waals surface area (Å²) in [6.07, 6.45) is 2.35. The van der Waals surface area contributed by atoms with E-state index in [0.717, 1.165) is 5.56 Å². The second-order valence-electron chi connectivity index (χ2n) is 7.55. The lowest BCUT2D eigenvalue weighted by molar-refractivity contribution is -0.149. The summed E-state index contributed by atoms with van der Waals surface area (Å²) in [7, 11) is 1.61. The van der Waals surface area contributed by atoms with Crippen LogP contribution in [0.4, 0.5) is 0 Å². The van der Waals surface area contributed by atoms with E-state index in [-0.39, 0.29) is 23.3 Å². The van der Waals surface area contributed by atoms with Gasteiger partial charge in [-0.15, -0.1) is 0 Å². The number of ether oxygens (including phenoxy) is 1. The second kappa shape index (κ2) is 6.69. The molecule has 26 heavy (non-hydrogen) atoms. The molecule has 1 aliphatic carbocycles. The molecule has 0 N–H and O–H groups in total. The molecular weight excluding hydrogens is 328 g/mol. The number of carbonyl (C=O) groups is 2. The number of Topliss-reactive ketones (excluding diaryl/α,β-unsaturated/α-hetero) is 1. The number of nitrogens with zero attached hydrogens (tertiary/aromatic N) is 2. The Bertz CT molecular complexity index is 791. The van der Waals surface area contributed by atoms with Crippen LogP contribution in [0.5, 0.6) is 0 Å². The number of fused-ring (bicyclic) bond motifs is 1. The van der Waals surface area contributed by atoms with Gasteiger partial charge in [0.05, 0.1) is 18.6 Å². The Balaban J connectivity index is 2.23. The summed E-state index contributed by atoms with van der Waals surface area (Å²) < 4.78 is 5.16. The quantitative estimate of drug-likeness (QED) is 0.783. The van der Waals surface area contributed by atoms with Gasteiger partial charge in [0.15, 0.2) is 5.78 Å². The fourth-order valence-corrected chi connectivity index (χ4v) is 4.51. The number of carbonyl (C=O) groups excluding carboxylic acids is 2. The third kappa shape index (κ3) is 2.57. The Morgan fingerprint density at radius 3 is 2.58 bits per heavy atom. The molecule has 2 aliphatic rings. The van der Waals surface area contributed by atoms with E-state index in [9.17, 15) is 9.59 Å². The van der Waals surface area contributed by atoms with Crippen LogP contribution in [0.25, 0.3) is 4.85 Å². The van der Waals surface area contributed by atoms with E-state index in [1.807, 2.05) is 44.2 Å². The molecule has 0 aromatic heterocycles. The Hall–Kier alpha value is -2.45. The first-order valence-corrected chi connectivity index (χ1v) is 8.88. The molecule has 0 radical (unpaired) electrons. The van der Waals surface area contributed by atoms with Crippen LogP contribution >= 0.6 is 0 Å². The van der Waals surface area contributed by atoms with E-state index in [4.69, 9.17) is 11.3 Å². The topological polar surface area (TPSA) is 51.0 Å². The molecule has 1 heterocycles. The van der Waals surface area contributed by atoms with Gasteiger partial charge in [-0.05, 0) is 17.9 Å². The minimum Gasteiger partial charge on any atom is -0.383 e. The predicted octanol–water partition coefficient (Wildman–Crippen LogP) is 2.83. The van der Waals surface area contributed by atoms with Crippen molar-refractivity contribution in [2.75, 3.05) is 26.8 Å². The summed E-state index contributed by atoms with van der Waals surface area (Å²) in [5.41, 5.74) is -0.839. The van der Waals surface area contributed by atoms with Crippen LogP contribution in [-0.4, -0.2) is 43.4 Å². The lowest BCUT2D eigenvalue weighted by Crippen LogP contribution is -2.62. The first-order valence-electron chi connectivity index (χ1n) is 8.88. The number of amides is 1. The fraction of sp³-hybridized carbons (Fsp3) is 0.476. The number of benzene rings is 1. The average Bonchev–Trinajstić information content (AvgIpc) is 2.65. The predicted molar refractivity (Wildman–Crippen MR) is 98.2 cm³/mol. The number of methoxy groups -OCH3 is 1. The highest BCUT2D eigenvalue weighted by Crippen LogP contribution is 2.54. The van der Waals surface area contributed by atoms with Gasteiger partial charge >= 0.3 is 0 Å². The third-order valence-electron chi connectivity index (χ3n) is 5.87. The second-order valence-corrected chi connectivity index (χ2v) is 7.55. The van der Waals surface area contributed by atoms with Gasteiger partial charge < -0.3 is 14.4 Å². The first kappa shape index (κ1) is 18.3. The molecule has 0 spiro atoms. The molecule has 5 heteroatoms. The number of hydrogen-bond acceptors (Lipinski definition) is 3. The molecule has 1 aliphatic heterocycles.